The van der Waals surface area contributed by atoms with E-state index in [2.05, 4.69) is 5.10 Å². The van der Waals surface area contributed by atoms with Crippen molar-refractivity contribution in [1.82, 2.24) is 14.7 Å². The van der Waals surface area contributed by atoms with E-state index in [0.717, 1.165) is 5.56 Å². The summed E-state index contributed by atoms with van der Waals surface area (Å²) < 4.78 is 1.52. The summed E-state index contributed by atoms with van der Waals surface area (Å²) in [6, 6.07) is 6.83. The number of likely N-dealkylation sites (N-methyl/N-ethyl adjacent to an activating group) is 1. The van der Waals surface area contributed by atoms with E-state index in [1.165, 1.54) is 10.9 Å². The molecule has 1 atom stereocenters. The number of benzene rings is 1. The number of hydrogen-bond acceptors (Lipinski definition) is 4. The van der Waals surface area contributed by atoms with Crippen molar-refractivity contribution < 1.29 is 9.90 Å². The zero-order valence-electron chi connectivity index (χ0n) is 12.2. The van der Waals surface area contributed by atoms with Crippen molar-refractivity contribution in [3.8, 4) is 5.75 Å². The van der Waals surface area contributed by atoms with E-state index in [9.17, 15) is 9.90 Å². The van der Waals surface area contributed by atoms with Gasteiger partial charge < -0.3 is 15.7 Å². The average Bonchev–Trinajstić information content (AvgIpc) is 2.84. The summed E-state index contributed by atoms with van der Waals surface area (Å²) in [5.74, 6) is 0.152. The number of anilines is 1. The van der Waals surface area contributed by atoms with Gasteiger partial charge >= 0.3 is 0 Å². The molecule has 0 saturated carbocycles. The molecule has 1 heterocycles. The molecule has 0 spiro atoms. The predicted octanol–water partition coefficient (Wildman–Crippen LogP) is 1.78. The molecule has 2 rings (SSSR count). The van der Waals surface area contributed by atoms with E-state index in [1.807, 2.05) is 19.9 Å². The van der Waals surface area contributed by atoms with Gasteiger partial charge in [-0.25, -0.2) is 0 Å². The lowest BCUT2D eigenvalue weighted by molar-refractivity contribution is -0.134. The van der Waals surface area contributed by atoms with Crippen molar-refractivity contribution in [2.45, 2.75) is 26.4 Å². The summed E-state index contributed by atoms with van der Waals surface area (Å²) >= 11 is 0. The first-order valence-corrected chi connectivity index (χ1v) is 6.87. The van der Waals surface area contributed by atoms with Crippen molar-refractivity contribution in [2.75, 3.05) is 12.3 Å². The normalized spacial score (nSPS) is 12.1. The van der Waals surface area contributed by atoms with Gasteiger partial charge in [0, 0.05) is 12.7 Å². The lowest BCUT2D eigenvalue weighted by atomic mass is 10.1. The van der Waals surface area contributed by atoms with E-state index in [1.54, 1.807) is 29.3 Å². The Hall–Kier alpha value is -2.50. The van der Waals surface area contributed by atoms with Gasteiger partial charge in [0.1, 0.15) is 12.3 Å². The number of phenolic OH excluding ortho intramolecular Hbond substituents is 1. The van der Waals surface area contributed by atoms with Crippen LogP contribution in [0.4, 0.5) is 5.69 Å². The molecule has 1 aromatic carbocycles. The number of hydrogen-bond donors (Lipinski definition) is 2. The summed E-state index contributed by atoms with van der Waals surface area (Å²) in [5.41, 5.74) is 7.02. The lowest BCUT2D eigenvalue weighted by Crippen LogP contribution is -2.36. The maximum absolute atomic E-state index is 12.4. The van der Waals surface area contributed by atoms with Crippen LogP contribution in [0.15, 0.2) is 36.7 Å². The number of nitrogen functional groups attached to an aromatic ring is 1. The highest BCUT2D eigenvalue weighted by Crippen LogP contribution is 2.23. The van der Waals surface area contributed by atoms with Gasteiger partial charge in [0.2, 0.25) is 5.91 Å². The van der Waals surface area contributed by atoms with E-state index in [-0.39, 0.29) is 24.2 Å². The third-order valence-electron chi connectivity index (χ3n) is 3.43. The second-order valence-electron chi connectivity index (χ2n) is 4.92. The first-order chi connectivity index (χ1) is 10.0. The molecule has 0 bridgehead atoms. The molecule has 112 valence electrons. The number of carbonyl (C=O) groups excluding carboxylic acids is 1. The van der Waals surface area contributed by atoms with Crippen LogP contribution in [0.3, 0.4) is 0 Å². The number of nitrogens with two attached hydrogens (primary N) is 1. The van der Waals surface area contributed by atoms with Gasteiger partial charge in [0.15, 0.2) is 0 Å². The second kappa shape index (κ2) is 6.30. The molecule has 0 aliphatic heterocycles. The summed E-state index contributed by atoms with van der Waals surface area (Å²) in [4.78, 5) is 14.2. The van der Waals surface area contributed by atoms with Gasteiger partial charge in [0.05, 0.1) is 17.9 Å². The second-order valence-corrected chi connectivity index (χ2v) is 4.92. The molecule has 6 nitrogen and oxygen atoms in total. The number of rotatable bonds is 5. The van der Waals surface area contributed by atoms with Crippen LogP contribution in [-0.2, 0) is 11.3 Å². The van der Waals surface area contributed by atoms with Crippen LogP contribution in [0.25, 0.3) is 0 Å². The standard InChI is InChI=1S/C15H20N4O2/c1-3-19(11(2)12-5-4-6-14(20)7-12)15(21)10-18-9-13(16)8-17-18/h4-9,11,20H,3,10,16H2,1-2H3. The van der Waals surface area contributed by atoms with Crippen LogP contribution < -0.4 is 5.73 Å². The predicted molar refractivity (Wildman–Crippen MR) is 80.5 cm³/mol. The first kappa shape index (κ1) is 14.9. The monoisotopic (exact) mass is 288 g/mol. The zero-order valence-corrected chi connectivity index (χ0v) is 12.2. The Kier molecular flexibility index (Phi) is 4.47. The summed E-state index contributed by atoms with van der Waals surface area (Å²) in [6.07, 6.45) is 3.15. The highest BCUT2D eigenvalue weighted by Gasteiger charge is 2.20. The molecule has 3 N–H and O–H groups in total. The van der Waals surface area contributed by atoms with E-state index in [4.69, 9.17) is 5.73 Å². The van der Waals surface area contributed by atoms with E-state index >= 15 is 0 Å². The number of nitrogens with zero attached hydrogens (tertiary/aromatic N) is 3. The maximum Gasteiger partial charge on any atom is 0.244 e. The van der Waals surface area contributed by atoms with Crippen molar-refractivity contribution in [3.63, 3.8) is 0 Å². The molecule has 0 saturated heterocycles. The Morgan fingerprint density at radius 2 is 2.29 bits per heavy atom. The number of aromatic nitrogens is 2. The lowest BCUT2D eigenvalue weighted by Gasteiger charge is -2.28. The Balaban J connectivity index is 2.12. The van der Waals surface area contributed by atoms with Gasteiger partial charge in [-0.3, -0.25) is 9.48 Å². The summed E-state index contributed by atoms with van der Waals surface area (Å²) in [7, 11) is 0. The quantitative estimate of drug-likeness (QED) is 0.878. The minimum atomic E-state index is -0.123. The molecule has 2 aromatic rings. The molecule has 0 aliphatic rings. The Bertz CT molecular complexity index is 624. The fourth-order valence-electron chi connectivity index (χ4n) is 2.33. The van der Waals surface area contributed by atoms with Gasteiger partial charge in [-0.2, -0.15) is 5.10 Å². The van der Waals surface area contributed by atoms with E-state index < -0.39 is 0 Å². The fraction of sp³-hybridized carbons (Fsp3) is 0.333. The minimum absolute atomic E-state index is 0.0450. The largest absolute Gasteiger partial charge is 0.508 e. The minimum Gasteiger partial charge on any atom is -0.508 e. The average molecular weight is 288 g/mol. The summed E-state index contributed by atoms with van der Waals surface area (Å²) in [5, 5.41) is 13.6. The smallest absolute Gasteiger partial charge is 0.244 e. The number of carbonyl (C=O) groups is 1. The van der Waals surface area contributed by atoms with Crippen LogP contribution in [0.2, 0.25) is 0 Å². The van der Waals surface area contributed by atoms with Crippen LogP contribution >= 0.6 is 0 Å². The molecule has 0 fully saturated rings. The molecule has 21 heavy (non-hydrogen) atoms. The highest BCUT2D eigenvalue weighted by atomic mass is 16.3. The molecule has 0 aliphatic carbocycles. The van der Waals surface area contributed by atoms with Crippen molar-refractivity contribution in [1.29, 1.82) is 0 Å². The topological polar surface area (TPSA) is 84.4 Å². The highest BCUT2D eigenvalue weighted by molar-refractivity contribution is 5.76. The third kappa shape index (κ3) is 3.53. The Labute approximate surface area is 123 Å². The maximum atomic E-state index is 12.4. The van der Waals surface area contributed by atoms with Crippen LogP contribution in [0, 0.1) is 0 Å². The molecule has 1 amide bonds. The Morgan fingerprint density at radius 1 is 1.52 bits per heavy atom. The van der Waals surface area contributed by atoms with E-state index in [0.29, 0.717) is 12.2 Å². The fourth-order valence-corrected chi connectivity index (χ4v) is 2.33. The zero-order chi connectivity index (χ0) is 15.4. The van der Waals surface area contributed by atoms with Crippen LogP contribution in [-0.4, -0.2) is 32.2 Å². The first-order valence-electron chi connectivity index (χ1n) is 6.87. The molecule has 0 radical (unpaired) electrons. The molecular formula is C15H20N4O2. The summed E-state index contributed by atoms with van der Waals surface area (Å²) in [6.45, 7) is 4.59. The van der Waals surface area contributed by atoms with Crippen molar-refractivity contribution in [2.24, 2.45) is 0 Å². The molecular weight excluding hydrogens is 268 g/mol. The van der Waals surface area contributed by atoms with Crippen LogP contribution in [0.5, 0.6) is 5.75 Å². The van der Waals surface area contributed by atoms with Crippen molar-refractivity contribution >= 4 is 11.6 Å². The van der Waals surface area contributed by atoms with Gasteiger partial charge in [-0.15, -0.1) is 0 Å². The number of phenols is 1. The number of aromatic hydroxyl groups is 1. The van der Waals surface area contributed by atoms with Gasteiger partial charge in [-0.05, 0) is 31.5 Å². The third-order valence-corrected chi connectivity index (χ3v) is 3.43. The van der Waals surface area contributed by atoms with Crippen molar-refractivity contribution in [3.05, 3.63) is 42.2 Å². The molecule has 1 unspecified atom stereocenters. The Morgan fingerprint density at radius 3 is 2.86 bits per heavy atom. The van der Waals surface area contributed by atoms with Crippen LogP contribution in [0.1, 0.15) is 25.5 Å². The van der Waals surface area contributed by atoms with Gasteiger partial charge in [0.25, 0.3) is 0 Å². The molecule has 6 heteroatoms. The SMILES string of the molecule is CCN(C(=O)Cn1cc(N)cn1)C(C)c1cccc(O)c1. The number of amides is 1. The molecule has 1 aromatic heterocycles. The van der Waals surface area contributed by atoms with Gasteiger partial charge in [-0.1, -0.05) is 12.1 Å².